The van der Waals surface area contributed by atoms with E-state index in [1.54, 1.807) is 42.6 Å². The fraction of sp³-hybridized carbons (Fsp3) is 0.130. The number of carbonyl (C=O) groups excluding carboxylic acids is 1. The van der Waals surface area contributed by atoms with E-state index in [9.17, 15) is 18.0 Å². The summed E-state index contributed by atoms with van der Waals surface area (Å²) >= 11 is 6.61. The molecule has 0 atom stereocenters. The smallest absolute Gasteiger partial charge is 0.333 e. The number of anilines is 1. The summed E-state index contributed by atoms with van der Waals surface area (Å²) in [4.78, 5) is 25.1. The first-order chi connectivity index (χ1) is 16.1. The second-order valence-electron chi connectivity index (χ2n) is 7.57. The molecule has 0 aliphatic heterocycles. The predicted molar refractivity (Wildman–Crippen MR) is 134 cm³/mol. The minimum Gasteiger partial charge on any atom is -0.491 e. The number of pyridine rings is 1. The van der Waals surface area contributed by atoms with Crippen molar-refractivity contribution in [1.82, 2.24) is 9.29 Å². The number of fused-ring (bicyclic) bond motifs is 1. The quantitative estimate of drug-likeness (QED) is 0.374. The van der Waals surface area contributed by atoms with Crippen LogP contribution in [0.15, 0.2) is 75.9 Å². The number of halogens is 1. The van der Waals surface area contributed by atoms with E-state index in [1.807, 2.05) is 30.7 Å². The molecule has 2 aromatic carbocycles. The van der Waals surface area contributed by atoms with Crippen molar-refractivity contribution in [3.63, 3.8) is 0 Å². The number of amides is 2. The van der Waals surface area contributed by atoms with Gasteiger partial charge in [0.05, 0.1) is 10.4 Å². The molecule has 0 fully saturated rings. The van der Waals surface area contributed by atoms with Crippen molar-refractivity contribution in [2.75, 3.05) is 5.32 Å². The Balaban J connectivity index is 1.50. The SMILES string of the molecule is CC(C)Oc1ccc2c(=O)n(-c3ccc(NC(=O)NS(=O)(=O)c4ccc(Cl)s4)cc3)ccc2c1. The van der Waals surface area contributed by atoms with Crippen LogP contribution in [0.4, 0.5) is 10.5 Å². The van der Waals surface area contributed by atoms with Gasteiger partial charge in [-0.05, 0) is 79.9 Å². The Morgan fingerprint density at radius 2 is 1.79 bits per heavy atom. The van der Waals surface area contributed by atoms with Gasteiger partial charge in [0.15, 0.2) is 0 Å². The van der Waals surface area contributed by atoms with Crippen molar-refractivity contribution in [1.29, 1.82) is 0 Å². The number of thiophene rings is 1. The van der Waals surface area contributed by atoms with Gasteiger partial charge in [0, 0.05) is 23.0 Å². The van der Waals surface area contributed by atoms with Gasteiger partial charge >= 0.3 is 6.03 Å². The molecule has 0 radical (unpaired) electrons. The molecular formula is C23H20ClN3O5S2. The highest BCUT2D eigenvalue weighted by molar-refractivity contribution is 7.92. The van der Waals surface area contributed by atoms with Gasteiger partial charge in [0.2, 0.25) is 0 Å². The van der Waals surface area contributed by atoms with Gasteiger partial charge < -0.3 is 10.1 Å². The normalized spacial score (nSPS) is 11.5. The second kappa shape index (κ2) is 9.49. The van der Waals surface area contributed by atoms with Gasteiger partial charge in [-0.25, -0.2) is 17.9 Å². The van der Waals surface area contributed by atoms with E-state index in [0.29, 0.717) is 26.8 Å². The molecule has 0 aliphatic carbocycles. The molecule has 34 heavy (non-hydrogen) atoms. The van der Waals surface area contributed by atoms with Crippen LogP contribution in [-0.2, 0) is 10.0 Å². The number of sulfonamides is 1. The lowest BCUT2D eigenvalue weighted by atomic mass is 10.1. The third-order valence-electron chi connectivity index (χ3n) is 4.69. The molecule has 0 bridgehead atoms. The Hall–Kier alpha value is -3.34. The van der Waals surface area contributed by atoms with Crippen molar-refractivity contribution >= 4 is 55.5 Å². The Morgan fingerprint density at radius 1 is 1.06 bits per heavy atom. The van der Waals surface area contributed by atoms with Crippen LogP contribution in [0.1, 0.15) is 13.8 Å². The van der Waals surface area contributed by atoms with E-state index >= 15 is 0 Å². The van der Waals surface area contributed by atoms with E-state index in [-0.39, 0.29) is 15.9 Å². The molecule has 4 rings (SSSR count). The third-order valence-corrected chi connectivity index (χ3v) is 7.74. The number of nitrogens with zero attached hydrogens (tertiary/aromatic N) is 1. The Labute approximate surface area is 204 Å². The maximum Gasteiger partial charge on any atom is 0.333 e. The minimum atomic E-state index is -4.03. The third kappa shape index (κ3) is 5.24. The molecule has 2 heterocycles. The van der Waals surface area contributed by atoms with Gasteiger partial charge in [-0.2, -0.15) is 0 Å². The van der Waals surface area contributed by atoms with Crippen molar-refractivity contribution in [3.05, 3.63) is 81.6 Å². The lowest BCUT2D eigenvalue weighted by Gasteiger charge is -2.12. The monoisotopic (exact) mass is 517 g/mol. The zero-order chi connectivity index (χ0) is 24.5. The first-order valence-corrected chi connectivity index (χ1v) is 12.8. The number of benzene rings is 2. The van der Waals surface area contributed by atoms with E-state index < -0.39 is 16.1 Å². The Bertz CT molecular complexity index is 1530. The molecular weight excluding hydrogens is 498 g/mol. The van der Waals surface area contributed by atoms with Crippen LogP contribution in [0, 0.1) is 0 Å². The molecule has 0 spiro atoms. The number of urea groups is 1. The number of ether oxygens (including phenoxy) is 1. The summed E-state index contributed by atoms with van der Waals surface area (Å²) in [6.07, 6.45) is 1.69. The van der Waals surface area contributed by atoms with Crippen LogP contribution < -0.4 is 20.3 Å². The van der Waals surface area contributed by atoms with Gasteiger partial charge in [-0.3, -0.25) is 9.36 Å². The fourth-order valence-corrected chi connectivity index (χ4v) is 5.64. The number of nitrogens with one attached hydrogen (secondary N) is 2. The molecule has 0 saturated carbocycles. The molecule has 0 unspecified atom stereocenters. The van der Waals surface area contributed by atoms with Crippen LogP contribution in [0.25, 0.3) is 16.5 Å². The second-order valence-corrected chi connectivity index (χ2v) is 11.2. The Morgan fingerprint density at radius 3 is 2.44 bits per heavy atom. The lowest BCUT2D eigenvalue weighted by molar-refractivity contribution is 0.242. The summed E-state index contributed by atoms with van der Waals surface area (Å²) in [5.41, 5.74) is 0.735. The van der Waals surface area contributed by atoms with Gasteiger partial charge in [-0.15, -0.1) is 11.3 Å². The highest BCUT2D eigenvalue weighted by atomic mass is 35.5. The summed E-state index contributed by atoms with van der Waals surface area (Å²) in [7, 11) is -4.03. The van der Waals surface area contributed by atoms with E-state index in [2.05, 4.69) is 5.32 Å². The van der Waals surface area contributed by atoms with Crippen LogP contribution in [0.2, 0.25) is 4.34 Å². The maximum absolute atomic E-state index is 13.0. The summed E-state index contributed by atoms with van der Waals surface area (Å²) < 4.78 is 33.8. The topological polar surface area (TPSA) is 106 Å². The Kier molecular flexibility index (Phi) is 6.65. The molecule has 176 valence electrons. The molecule has 8 nitrogen and oxygen atoms in total. The van der Waals surface area contributed by atoms with Crippen molar-refractivity contribution in [3.8, 4) is 11.4 Å². The average molecular weight is 518 g/mol. The highest BCUT2D eigenvalue weighted by Gasteiger charge is 2.19. The largest absolute Gasteiger partial charge is 0.491 e. The minimum absolute atomic E-state index is 0.0290. The number of hydrogen-bond donors (Lipinski definition) is 2. The molecule has 11 heteroatoms. The summed E-state index contributed by atoms with van der Waals surface area (Å²) in [6, 6.07) is 15.4. The number of aromatic nitrogens is 1. The zero-order valence-corrected chi connectivity index (χ0v) is 20.5. The van der Waals surface area contributed by atoms with Gasteiger partial charge in [0.25, 0.3) is 15.6 Å². The molecule has 0 saturated heterocycles. The number of rotatable bonds is 6. The van der Waals surface area contributed by atoms with E-state index in [4.69, 9.17) is 16.3 Å². The van der Waals surface area contributed by atoms with Crippen LogP contribution in [-0.4, -0.2) is 25.1 Å². The maximum atomic E-state index is 13.0. The number of carbonyl (C=O) groups is 1. The fourth-order valence-electron chi connectivity index (χ4n) is 3.25. The zero-order valence-electron chi connectivity index (χ0n) is 18.1. The number of hydrogen-bond acceptors (Lipinski definition) is 6. The standard InChI is InChI=1S/C23H20ClN3O5S2/c1-14(2)32-18-7-8-19-15(13-18)11-12-27(22(19)28)17-5-3-16(4-6-17)25-23(29)26-34(30,31)21-10-9-20(24)33-21/h3-14H,1-2H3,(H2,25,26,29). The average Bonchev–Trinajstić information content (AvgIpc) is 3.21. The summed E-state index contributed by atoms with van der Waals surface area (Å²) in [6.45, 7) is 3.87. The van der Waals surface area contributed by atoms with Crippen LogP contribution in [0.5, 0.6) is 5.75 Å². The summed E-state index contributed by atoms with van der Waals surface area (Å²) in [5.74, 6) is 0.692. The van der Waals surface area contributed by atoms with Crippen molar-refractivity contribution in [2.45, 2.75) is 24.2 Å². The van der Waals surface area contributed by atoms with Gasteiger partial charge in [0.1, 0.15) is 9.96 Å². The van der Waals surface area contributed by atoms with Crippen molar-refractivity contribution < 1.29 is 17.9 Å². The molecule has 4 aromatic rings. The highest BCUT2D eigenvalue weighted by Crippen LogP contribution is 2.25. The first-order valence-electron chi connectivity index (χ1n) is 10.1. The molecule has 2 N–H and O–H groups in total. The lowest BCUT2D eigenvalue weighted by Crippen LogP contribution is -2.33. The van der Waals surface area contributed by atoms with E-state index in [1.165, 1.54) is 16.7 Å². The van der Waals surface area contributed by atoms with Crippen LogP contribution in [0.3, 0.4) is 0 Å². The van der Waals surface area contributed by atoms with Crippen molar-refractivity contribution in [2.24, 2.45) is 0 Å². The molecule has 2 amide bonds. The predicted octanol–water partition coefficient (Wildman–Crippen LogP) is 5.00. The molecule has 2 aromatic heterocycles. The molecule has 0 aliphatic rings. The first kappa shape index (κ1) is 23.8. The summed E-state index contributed by atoms with van der Waals surface area (Å²) in [5, 5.41) is 3.77. The van der Waals surface area contributed by atoms with Crippen LogP contribution >= 0.6 is 22.9 Å². The van der Waals surface area contributed by atoms with E-state index in [0.717, 1.165) is 16.7 Å². The van der Waals surface area contributed by atoms with Gasteiger partial charge in [-0.1, -0.05) is 11.6 Å².